The number of nitrogens with zero attached hydrogens (tertiary/aromatic N) is 5. The second kappa shape index (κ2) is 8.87. The van der Waals surface area contributed by atoms with Crippen LogP contribution in [-0.4, -0.2) is 40.1 Å². The first-order valence-corrected chi connectivity index (χ1v) is 12.0. The van der Waals surface area contributed by atoms with Crippen LogP contribution in [0.4, 0.5) is 26.4 Å². The van der Waals surface area contributed by atoms with Gasteiger partial charge in [-0.25, -0.2) is 14.2 Å². The Labute approximate surface area is 212 Å². The largest absolute Gasteiger partial charge is 0.366 e. The molecular formula is C27H22ClFN6O. The van der Waals surface area contributed by atoms with E-state index in [1.807, 2.05) is 31.2 Å². The lowest BCUT2D eigenvalue weighted by atomic mass is 10.1. The zero-order valence-corrected chi connectivity index (χ0v) is 20.2. The Bertz CT molecular complexity index is 1480. The van der Waals surface area contributed by atoms with Gasteiger partial charge < -0.3 is 10.2 Å². The molecule has 2 amide bonds. The first-order chi connectivity index (χ1) is 17.5. The van der Waals surface area contributed by atoms with E-state index in [2.05, 4.69) is 20.2 Å². The first kappa shape index (κ1) is 22.4. The van der Waals surface area contributed by atoms with Crippen LogP contribution in [0.5, 0.6) is 0 Å². The summed E-state index contributed by atoms with van der Waals surface area (Å²) < 4.78 is 14.5. The van der Waals surface area contributed by atoms with E-state index < -0.39 is 5.82 Å². The molecular weight excluding hydrogens is 479 g/mol. The highest BCUT2D eigenvalue weighted by Crippen LogP contribution is 2.43. The summed E-state index contributed by atoms with van der Waals surface area (Å²) in [6, 6.07) is 13.3. The highest BCUT2D eigenvalue weighted by atomic mass is 35.5. The molecule has 4 aromatic rings. The molecule has 6 rings (SSSR count). The third-order valence-corrected chi connectivity index (χ3v) is 6.85. The van der Waals surface area contributed by atoms with Gasteiger partial charge in [-0.3, -0.25) is 14.9 Å². The van der Waals surface area contributed by atoms with Crippen LogP contribution in [-0.2, 0) is 0 Å². The fourth-order valence-corrected chi connectivity index (χ4v) is 5.18. The van der Waals surface area contributed by atoms with Crippen molar-refractivity contribution in [2.45, 2.75) is 19.4 Å². The van der Waals surface area contributed by atoms with Gasteiger partial charge in [0, 0.05) is 54.2 Å². The van der Waals surface area contributed by atoms with Crippen molar-refractivity contribution in [3.8, 4) is 22.4 Å². The van der Waals surface area contributed by atoms with Crippen LogP contribution in [0.15, 0.2) is 67.1 Å². The molecule has 1 atom stereocenters. The number of hydrogen-bond donors (Lipinski definition) is 1. The van der Waals surface area contributed by atoms with Crippen molar-refractivity contribution in [3.63, 3.8) is 0 Å². The number of rotatable bonds is 3. The maximum Gasteiger partial charge on any atom is 0.327 e. The smallest absolute Gasteiger partial charge is 0.327 e. The van der Waals surface area contributed by atoms with Gasteiger partial charge in [0.15, 0.2) is 5.82 Å². The van der Waals surface area contributed by atoms with Gasteiger partial charge in [0.2, 0.25) is 0 Å². The molecule has 0 unspecified atom stereocenters. The van der Waals surface area contributed by atoms with Crippen molar-refractivity contribution in [3.05, 3.63) is 83.7 Å². The van der Waals surface area contributed by atoms with Crippen molar-refractivity contribution >= 4 is 34.8 Å². The van der Waals surface area contributed by atoms with E-state index in [1.165, 1.54) is 12.1 Å². The Hall–Kier alpha value is -4.04. The van der Waals surface area contributed by atoms with Crippen LogP contribution in [0.2, 0.25) is 5.02 Å². The lowest BCUT2D eigenvalue weighted by Crippen LogP contribution is -2.48. The molecule has 1 saturated heterocycles. The monoisotopic (exact) mass is 500 g/mol. The number of urea groups is 1. The number of anilines is 3. The molecule has 180 valence electrons. The van der Waals surface area contributed by atoms with Gasteiger partial charge in [0.1, 0.15) is 5.82 Å². The summed E-state index contributed by atoms with van der Waals surface area (Å²) in [7, 11) is 0. The van der Waals surface area contributed by atoms with Crippen molar-refractivity contribution in [1.82, 2.24) is 15.0 Å². The van der Waals surface area contributed by atoms with Gasteiger partial charge in [-0.05, 0) is 61.4 Å². The molecule has 3 aromatic heterocycles. The Balaban J connectivity index is 1.38. The standard InChI is InChI=1S/C27H22ClFN6O/c1-16-9-17(4-7-31-16)25-23(28)13-24-26(33-25)35(22-5-8-34(24)15-22)27(36)32-21-11-19(10-20(29)12-21)18-3-2-6-30-14-18/h2-4,6-7,9-14,22H,5,8,15H2,1H3,(H,32,36)/t22-/m0/s1. The Morgan fingerprint density at radius 1 is 1.11 bits per heavy atom. The number of hydrogen-bond acceptors (Lipinski definition) is 5. The predicted octanol–water partition coefficient (Wildman–Crippen LogP) is 5.94. The maximum atomic E-state index is 14.5. The molecule has 0 saturated carbocycles. The number of fused-ring (bicyclic) bond motifs is 4. The van der Waals surface area contributed by atoms with E-state index >= 15 is 0 Å². The number of benzene rings is 1. The van der Waals surface area contributed by atoms with Crippen molar-refractivity contribution < 1.29 is 9.18 Å². The van der Waals surface area contributed by atoms with E-state index in [0.29, 0.717) is 34.3 Å². The molecule has 2 aliphatic heterocycles. The Kier molecular flexibility index (Phi) is 5.53. The Morgan fingerprint density at radius 3 is 2.81 bits per heavy atom. The Morgan fingerprint density at radius 2 is 2.00 bits per heavy atom. The van der Waals surface area contributed by atoms with E-state index in [9.17, 15) is 9.18 Å². The van der Waals surface area contributed by atoms with Crippen molar-refractivity contribution in [2.75, 3.05) is 28.2 Å². The van der Waals surface area contributed by atoms with E-state index in [1.54, 1.807) is 35.6 Å². The van der Waals surface area contributed by atoms with Crippen LogP contribution in [0.3, 0.4) is 0 Å². The zero-order chi connectivity index (χ0) is 24.8. The number of amides is 2. The SMILES string of the molecule is Cc1cc(-c2nc3c(cc2Cl)N2CC[C@@H](C2)N3C(=O)Nc2cc(F)cc(-c3cccnc3)c2)ccn1. The number of aromatic nitrogens is 3. The minimum atomic E-state index is -0.446. The van der Waals surface area contributed by atoms with Gasteiger partial charge >= 0.3 is 6.03 Å². The summed E-state index contributed by atoms with van der Waals surface area (Å²) in [6.07, 6.45) is 5.83. The molecule has 0 aliphatic carbocycles. The molecule has 1 fully saturated rings. The number of carbonyl (C=O) groups excluding carboxylic acids is 1. The molecule has 9 heteroatoms. The summed E-state index contributed by atoms with van der Waals surface area (Å²) >= 11 is 6.66. The number of nitrogens with one attached hydrogen (secondary N) is 1. The van der Waals surface area contributed by atoms with Gasteiger partial charge in [0.25, 0.3) is 0 Å². The summed E-state index contributed by atoms with van der Waals surface area (Å²) in [5.74, 6) is 0.0944. The zero-order valence-electron chi connectivity index (χ0n) is 19.4. The third kappa shape index (κ3) is 4.03. The average Bonchev–Trinajstić information content (AvgIpc) is 3.29. The quantitative estimate of drug-likeness (QED) is 0.377. The van der Waals surface area contributed by atoms with Gasteiger partial charge in [-0.15, -0.1) is 0 Å². The van der Waals surface area contributed by atoms with Crippen LogP contribution in [0.25, 0.3) is 22.4 Å². The molecule has 0 spiro atoms. The predicted molar refractivity (Wildman–Crippen MR) is 139 cm³/mol. The van der Waals surface area contributed by atoms with Crippen molar-refractivity contribution in [1.29, 1.82) is 0 Å². The summed E-state index contributed by atoms with van der Waals surface area (Å²) in [6.45, 7) is 3.40. The summed E-state index contributed by atoms with van der Waals surface area (Å²) in [5, 5.41) is 3.40. The third-order valence-electron chi connectivity index (χ3n) is 6.57. The highest BCUT2D eigenvalue weighted by Gasteiger charge is 2.41. The van der Waals surface area contributed by atoms with Crippen LogP contribution >= 0.6 is 11.6 Å². The number of carbonyl (C=O) groups is 1. The fraction of sp³-hybridized carbons (Fsp3) is 0.185. The normalized spacial score (nSPS) is 16.1. The van der Waals surface area contributed by atoms with Gasteiger partial charge in [-0.2, -0.15) is 0 Å². The van der Waals surface area contributed by atoms with Crippen LogP contribution in [0.1, 0.15) is 12.1 Å². The molecule has 0 radical (unpaired) electrons. The number of halogens is 2. The van der Waals surface area contributed by atoms with Gasteiger partial charge in [0.05, 0.1) is 22.4 Å². The second-order valence-electron chi connectivity index (χ2n) is 9.01. The minimum Gasteiger partial charge on any atom is -0.366 e. The van der Waals surface area contributed by atoms with Crippen molar-refractivity contribution in [2.24, 2.45) is 0 Å². The summed E-state index contributed by atoms with van der Waals surface area (Å²) in [5.41, 5.74) is 4.83. The fourth-order valence-electron chi connectivity index (χ4n) is 4.93. The topological polar surface area (TPSA) is 74.2 Å². The molecule has 7 nitrogen and oxygen atoms in total. The lowest BCUT2D eigenvalue weighted by molar-refractivity contribution is 0.255. The van der Waals surface area contributed by atoms with Gasteiger partial charge in [-0.1, -0.05) is 17.7 Å². The van der Waals surface area contributed by atoms with Crippen LogP contribution in [0, 0.1) is 12.7 Å². The molecule has 2 aliphatic rings. The lowest BCUT2D eigenvalue weighted by Gasteiger charge is -2.36. The maximum absolute atomic E-state index is 14.5. The van der Waals surface area contributed by atoms with E-state index in [4.69, 9.17) is 16.6 Å². The second-order valence-corrected chi connectivity index (χ2v) is 9.41. The minimum absolute atomic E-state index is 0.0513. The molecule has 1 aromatic carbocycles. The van der Waals surface area contributed by atoms with Crippen LogP contribution < -0.4 is 15.1 Å². The average molecular weight is 501 g/mol. The number of pyridine rings is 3. The number of aryl methyl sites for hydroxylation is 1. The highest BCUT2D eigenvalue weighted by molar-refractivity contribution is 6.33. The summed E-state index contributed by atoms with van der Waals surface area (Å²) in [4.78, 5) is 30.8. The molecule has 36 heavy (non-hydrogen) atoms. The van der Waals surface area contributed by atoms with E-state index in [0.717, 1.165) is 35.5 Å². The first-order valence-electron chi connectivity index (χ1n) is 11.7. The molecule has 5 heterocycles. The van der Waals surface area contributed by atoms with E-state index in [-0.39, 0.29) is 12.1 Å². The molecule has 2 bridgehead atoms. The molecule has 1 N–H and O–H groups in total.